The van der Waals surface area contributed by atoms with Crippen molar-refractivity contribution in [1.29, 1.82) is 0 Å². The molecule has 3 N–H and O–H groups in total. The SMILES string of the molecule is O=C(CCc1ccc(=O)[nH]n1)N[C@H](Cc1ccncc1)C1CC(O)C1. The van der Waals surface area contributed by atoms with Crippen LogP contribution in [0.25, 0.3) is 0 Å². The summed E-state index contributed by atoms with van der Waals surface area (Å²) in [7, 11) is 0. The molecule has 1 amide bonds. The average Bonchev–Trinajstić information content (AvgIpc) is 2.59. The van der Waals surface area contributed by atoms with E-state index in [0.29, 0.717) is 24.5 Å². The predicted molar refractivity (Wildman–Crippen MR) is 91.8 cm³/mol. The summed E-state index contributed by atoms with van der Waals surface area (Å²) >= 11 is 0. The van der Waals surface area contributed by atoms with Gasteiger partial charge in [0.25, 0.3) is 5.56 Å². The number of aromatic nitrogens is 3. The van der Waals surface area contributed by atoms with Crippen molar-refractivity contribution in [2.24, 2.45) is 5.92 Å². The molecule has 0 aliphatic heterocycles. The van der Waals surface area contributed by atoms with Gasteiger partial charge >= 0.3 is 0 Å². The Bertz CT molecular complexity index is 736. The molecular formula is C18H22N4O3. The fraction of sp³-hybridized carbons (Fsp3) is 0.444. The summed E-state index contributed by atoms with van der Waals surface area (Å²) in [4.78, 5) is 27.3. The van der Waals surface area contributed by atoms with E-state index in [2.05, 4.69) is 20.5 Å². The topological polar surface area (TPSA) is 108 Å². The molecule has 0 spiro atoms. The lowest BCUT2D eigenvalue weighted by atomic mass is 9.75. The molecule has 0 bridgehead atoms. The van der Waals surface area contributed by atoms with Crippen LogP contribution in [0.1, 0.15) is 30.5 Å². The van der Waals surface area contributed by atoms with Crippen molar-refractivity contribution in [3.8, 4) is 0 Å². The van der Waals surface area contributed by atoms with Gasteiger partial charge in [-0.2, -0.15) is 5.10 Å². The van der Waals surface area contributed by atoms with Crippen molar-refractivity contribution in [1.82, 2.24) is 20.5 Å². The fourth-order valence-corrected chi connectivity index (χ4v) is 3.10. The van der Waals surface area contributed by atoms with Crippen molar-refractivity contribution < 1.29 is 9.90 Å². The highest BCUT2D eigenvalue weighted by Crippen LogP contribution is 2.31. The Hall–Kier alpha value is -2.54. The van der Waals surface area contributed by atoms with Crippen molar-refractivity contribution >= 4 is 5.91 Å². The molecule has 0 saturated heterocycles. The zero-order chi connectivity index (χ0) is 17.6. The highest BCUT2D eigenvalue weighted by Gasteiger charge is 2.34. The number of carbonyl (C=O) groups is 1. The van der Waals surface area contributed by atoms with E-state index in [-0.39, 0.29) is 23.6 Å². The molecule has 7 heteroatoms. The molecule has 132 valence electrons. The number of hydrogen-bond donors (Lipinski definition) is 3. The number of carbonyl (C=O) groups excluding carboxylic acids is 1. The van der Waals surface area contributed by atoms with Gasteiger partial charge in [0, 0.05) is 37.3 Å². The van der Waals surface area contributed by atoms with Gasteiger partial charge in [0.1, 0.15) is 0 Å². The summed E-state index contributed by atoms with van der Waals surface area (Å²) in [6, 6.07) is 6.92. The quantitative estimate of drug-likeness (QED) is 0.683. The van der Waals surface area contributed by atoms with Gasteiger partial charge in [-0.1, -0.05) is 0 Å². The lowest BCUT2D eigenvalue weighted by Gasteiger charge is -2.38. The third-order valence-electron chi connectivity index (χ3n) is 4.62. The Morgan fingerprint density at radius 3 is 2.68 bits per heavy atom. The first kappa shape index (κ1) is 17.3. The second kappa shape index (κ2) is 8.02. The Labute approximate surface area is 145 Å². The number of pyridine rings is 1. The van der Waals surface area contributed by atoms with Crippen LogP contribution < -0.4 is 10.9 Å². The zero-order valence-electron chi connectivity index (χ0n) is 13.9. The first-order valence-electron chi connectivity index (χ1n) is 8.51. The largest absolute Gasteiger partial charge is 0.393 e. The van der Waals surface area contributed by atoms with Gasteiger partial charge in [0.15, 0.2) is 0 Å². The van der Waals surface area contributed by atoms with Crippen LogP contribution in [0.4, 0.5) is 0 Å². The van der Waals surface area contributed by atoms with Gasteiger partial charge in [0.05, 0.1) is 11.8 Å². The number of rotatable bonds is 7. The van der Waals surface area contributed by atoms with Crippen LogP contribution in [-0.2, 0) is 17.6 Å². The van der Waals surface area contributed by atoms with Gasteiger partial charge < -0.3 is 10.4 Å². The van der Waals surface area contributed by atoms with E-state index in [4.69, 9.17) is 0 Å². The number of hydrogen-bond acceptors (Lipinski definition) is 5. The average molecular weight is 342 g/mol. The van der Waals surface area contributed by atoms with Crippen LogP contribution in [0.2, 0.25) is 0 Å². The number of aryl methyl sites for hydroxylation is 1. The molecule has 7 nitrogen and oxygen atoms in total. The van der Waals surface area contributed by atoms with Crippen LogP contribution in [0.3, 0.4) is 0 Å². The molecule has 0 aromatic carbocycles. The highest BCUT2D eigenvalue weighted by atomic mass is 16.3. The summed E-state index contributed by atoms with van der Waals surface area (Å²) in [6.07, 6.45) is 6.17. The molecule has 1 fully saturated rings. The summed E-state index contributed by atoms with van der Waals surface area (Å²) in [6.45, 7) is 0. The van der Waals surface area contributed by atoms with Crippen molar-refractivity contribution in [3.05, 3.63) is 58.3 Å². The van der Waals surface area contributed by atoms with E-state index in [1.807, 2.05) is 12.1 Å². The van der Waals surface area contributed by atoms with E-state index in [1.54, 1.807) is 18.5 Å². The minimum atomic E-state index is -0.257. The molecule has 2 aromatic rings. The van der Waals surface area contributed by atoms with Crippen molar-refractivity contribution in [3.63, 3.8) is 0 Å². The number of aliphatic hydroxyl groups is 1. The third kappa shape index (κ3) is 4.96. The van der Waals surface area contributed by atoms with Gasteiger partial charge in [0.2, 0.25) is 5.91 Å². The lowest BCUT2D eigenvalue weighted by molar-refractivity contribution is -0.122. The molecule has 1 aliphatic carbocycles. The smallest absolute Gasteiger partial charge is 0.264 e. The normalized spacial score (nSPS) is 20.5. The van der Waals surface area contributed by atoms with Crippen molar-refractivity contribution in [2.45, 2.75) is 44.2 Å². The Morgan fingerprint density at radius 1 is 1.28 bits per heavy atom. The molecule has 25 heavy (non-hydrogen) atoms. The minimum absolute atomic E-state index is 0.00170. The van der Waals surface area contributed by atoms with E-state index in [9.17, 15) is 14.7 Å². The van der Waals surface area contributed by atoms with E-state index >= 15 is 0 Å². The molecule has 0 unspecified atom stereocenters. The Balaban J connectivity index is 1.56. The number of amides is 1. The van der Waals surface area contributed by atoms with Crippen LogP contribution in [0.5, 0.6) is 0 Å². The number of aliphatic hydroxyl groups excluding tert-OH is 1. The summed E-state index contributed by atoms with van der Waals surface area (Å²) in [5.74, 6) is 0.242. The number of H-pyrrole nitrogens is 1. The molecule has 1 aliphatic rings. The van der Waals surface area contributed by atoms with E-state index in [0.717, 1.165) is 24.8 Å². The maximum Gasteiger partial charge on any atom is 0.264 e. The fourth-order valence-electron chi connectivity index (χ4n) is 3.10. The molecule has 1 saturated carbocycles. The van der Waals surface area contributed by atoms with Gasteiger partial charge in [-0.3, -0.25) is 14.6 Å². The van der Waals surface area contributed by atoms with Gasteiger partial charge in [-0.25, -0.2) is 5.10 Å². The van der Waals surface area contributed by atoms with Crippen LogP contribution in [0.15, 0.2) is 41.5 Å². The molecular weight excluding hydrogens is 320 g/mol. The lowest BCUT2D eigenvalue weighted by Crippen LogP contribution is -2.48. The summed E-state index contributed by atoms with van der Waals surface area (Å²) in [5, 5.41) is 19.0. The summed E-state index contributed by atoms with van der Waals surface area (Å²) in [5.41, 5.74) is 1.54. The molecule has 2 heterocycles. The van der Waals surface area contributed by atoms with E-state index < -0.39 is 0 Å². The molecule has 1 atom stereocenters. The second-order valence-electron chi connectivity index (χ2n) is 6.53. The van der Waals surface area contributed by atoms with Crippen molar-refractivity contribution in [2.75, 3.05) is 0 Å². The maximum absolute atomic E-state index is 12.3. The highest BCUT2D eigenvalue weighted by molar-refractivity contribution is 5.76. The van der Waals surface area contributed by atoms with Crippen LogP contribution >= 0.6 is 0 Å². The monoisotopic (exact) mass is 342 g/mol. The molecule has 3 rings (SSSR count). The second-order valence-corrected chi connectivity index (χ2v) is 6.53. The van der Waals surface area contributed by atoms with Crippen LogP contribution in [-0.4, -0.2) is 38.3 Å². The van der Waals surface area contributed by atoms with Gasteiger partial charge in [-0.05, 0) is 48.9 Å². The molecule has 0 radical (unpaired) electrons. The Morgan fingerprint density at radius 2 is 2.04 bits per heavy atom. The molecule has 2 aromatic heterocycles. The number of nitrogens with one attached hydrogen (secondary N) is 2. The first-order valence-corrected chi connectivity index (χ1v) is 8.51. The van der Waals surface area contributed by atoms with E-state index in [1.165, 1.54) is 6.07 Å². The zero-order valence-corrected chi connectivity index (χ0v) is 13.9. The summed E-state index contributed by atoms with van der Waals surface area (Å²) < 4.78 is 0. The minimum Gasteiger partial charge on any atom is -0.393 e. The number of aromatic amines is 1. The van der Waals surface area contributed by atoms with Gasteiger partial charge in [-0.15, -0.1) is 0 Å². The number of nitrogens with zero attached hydrogens (tertiary/aromatic N) is 2. The third-order valence-corrected chi connectivity index (χ3v) is 4.62. The Kier molecular flexibility index (Phi) is 5.55. The predicted octanol–water partition coefficient (Wildman–Crippen LogP) is 0.596. The van der Waals surface area contributed by atoms with Crippen LogP contribution in [0, 0.1) is 5.92 Å². The standard InChI is InChI=1S/C18H22N4O3/c23-15-10-13(11-15)16(9-12-5-7-19-8-6-12)20-17(24)3-1-14-2-4-18(25)22-21-14/h2,4-8,13,15-16,23H,1,3,9-11H2,(H,20,24)(H,22,25)/t13?,15?,16-/m1/s1. The first-order chi connectivity index (χ1) is 12.1. The maximum atomic E-state index is 12.3.